The molecule has 0 atom stereocenters. The minimum Gasteiger partial charge on any atom is -0.351 e. The third-order valence-electron chi connectivity index (χ3n) is 3.91. The molecule has 1 aliphatic rings. The summed E-state index contributed by atoms with van der Waals surface area (Å²) in [6.45, 7) is 0.711. The fourth-order valence-corrected chi connectivity index (χ4v) is 2.89. The van der Waals surface area contributed by atoms with Crippen molar-refractivity contribution >= 4 is 21.8 Å². The highest BCUT2D eigenvalue weighted by molar-refractivity contribution is 9.10. The Labute approximate surface area is 127 Å². The van der Waals surface area contributed by atoms with Crippen molar-refractivity contribution in [3.05, 3.63) is 70.2 Å². The van der Waals surface area contributed by atoms with Crippen LogP contribution in [0.1, 0.15) is 28.8 Å². The summed E-state index contributed by atoms with van der Waals surface area (Å²) in [6, 6.07) is 17.9. The Morgan fingerprint density at radius 2 is 1.85 bits per heavy atom. The average molecular weight is 330 g/mol. The Bertz CT molecular complexity index is 620. The van der Waals surface area contributed by atoms with E-state index in [2.05, 4.69) is 45.5 Å². The van der Waals surface area contributed by atoms with Gasteiger partial charge in [0.1, 0.15) is 0 Å². The van der Waals surface area contributed by atoms with Crippen LogP contribution in [0.2, 0.25) is 0 Å². The first-order chi connectivity index (χ1) is 9.70. The summed E-state index contributed by atoms with van der Waals surface area (Å²) < 4.78 is 0.925. The van der Waals surface area contributed by atoms with Gasteiger partial charge in [0.25, 0.3) is 5.91 Å². The summed E-state index contributed by atoms with van der Waals surface area (Å²) in [5.41, 5.74) is 2.18. The molecule has 0 heterocycles. The maximum Gasteiger partial charge on any atom is 0.251 e. The van der Waals surface area contributed by atoms with Gasteiger partial charge in [-0.05, 0) is 36.6 Å². The molecule has 0 saturated heterocycles. The molecular weight excluding hydrogens is 314 g/mol. The first-order valence-corrected chi connectivity index (χ1v) is 7.58. The summed E-state index contributed by atoms with van der Waals surface area (Å²) >= 11 is 3.39. The number of nitrogens with one attached hydrogen (secondary N) is 1. The van der Waals surface area contributed by atoms with E-state index in [-0.39, 0.29) is 11.3 Å². The first-order valence-electron chi connectivity index (χ1n) is 6.79. The van der Waals surface area contributed by atoms with Crippen LogP contribution >= 0.6 is 15.9 Å². The molecule has 0 radical (unpaired) electrons. The van der Waals surface area contributed by atoms with E-state index in [1.807, 2.05) is 30.3 Å². The summed E-state index contributed by atoms with van der Waals surface area (Å²) in [4.78, 5) is 12.2. The van der Waals surface area contributed by atoms with Crippen LogP contribution in [0.5, 0.6) is 0 Å². The molecule has 0 aliphatic heterocycles. The zero-order chi connectivity index (χ0) is 14.0. The molecule has 2 aromatic carbocycles. The molecule has 3 rings (SSSR count). The molecule has 3 heteroatoms. The number of rotatable bonds is 4. The van der Waals surface area contributed by atoms with Gasteiger partial charge in [0.2, 0.25) is 0 Å². The van der Waals surface area contributed by atoms with Gasteiger partial charge in [-0.25, -0.2) is 0 Å². The zero-order valence-corrected chi connectivity index (χ0v) is 12.7. The Morgan fingerprint density at radius 3 is 2.50 bits per heavy atom. The topological polar surface area (TPSA) is 29.1 Å². The van der Waals surface area contributed by atoms with E-state index in [1.165, 1.54) is 5.56 Å². The second kappa shape index (κ2) is 5.41. The number of carbonyl (C=O) groups is 1. The lowest BCUT2D eigenvalue weighted by atomic mass is 9.96. The van der Waals surface area contributed by atoms with Gasteiger partial charge in [-0.1, -0.05) is 52.3 Å². The van der Waals surface area contributed by atoms with Crippen LogP contribution in [0.25, 0.3) is 0 Å². The predicted octanol–water partition coefficient (Wildman–Crippen LogP) is 3.91. The Balaban J connectivity index is 1.67. The van der Waals surface area contributed by atoms with E-state index in [1.54, 1.807) is 0 Å². The Morgan fingerprint density at radius 1 is 1.10 bits per heavy atom. The van der Waals surface area contributed by atoms with Crippen molar-refractivity contribution in [3.63, 3.8) is 0 Å². The standard InChI is InChI=1S/C17H16BrNO/c18-15-8-4-5-13(11-15)16(20)19-12-17(9-10-17)14-6-2-1-3-7-14/h1-8,11H,9-10,12H2,(H,19,20). The lowest BCUT2D eigenvalue weighted by molar-refractivity contribution is 0.0949. The third kappa shape index (κ3) is 2.78. The van der Waals surface area contributed by atoms with Gasteiger partial charge in [-0.15, -0.1) is 0 Å². The zero-order valence-electron chi connectivity index (χ0n) is 11.1. The van der Waals surface area contributed by atoms with Gasteiger partial charge in [0.05, 0.1) is 0 Å². The van der Waals surface area contributed by atoms with Crippen molar-refractivity contribution in [2.24, 2.45) is 0 Å². The maximum absolute atomic E-state index is 12.2. The SMILES string of the molecule is O=C(NCC1(c2ccccc2)CC1)c1cccc(Br)c1. The highest BCUT2D eigenvalue weighted by Gasteiger charge is 2.44. The van der Waals surface area contributed by atoms with Crippen molar-refractivity contribution in [3.8, 4) is 0 Å². The molecule has 20 heavy (non-hydrogen) atoms. The molecule has 1 N–H and O–H groups in total. The quantitative estimate of drug-likeness (QED) is 0.905. The second-order valence-corrected chi connectivity index (χ2v) is 6.26. The van der Waals surface area contributed by atoms with Gasteiger partial charge < -0.3 is 5.32 Å². The number of benzene rings is 2. The van der Waals surface area contributed by atoms with Gasteiger partial charge >= 0.3 is 0 Å². The number of hydrogen-bond acceptors (Lipinski definition) is 1. The molecule has 1 amide bonds. The summed E-state index contributed by atoms with van der Waals surface area (Å²) in [6.07, 6.45) is 2.30. The molecule has 1 fully saturated rings. The summed E-state index contributed by atoms with van der Waals surface area (Å²) in [5, 5.41) is 3.07. The minimum absolute atomic E-state index is 0.00601. The number of amides is 1. The molecule has 1 saturated carbocycles. The fourth-order valence-electron chi connectivity index (χ4n) is 2.49. The van der Waals surface area contributed by atoms with Crippen molar-refractivity contribution in [1.82, 2.24) is 5.32 Å². The number of carbonyl (C=O) groups excluding carboxylic acids is 1. The third-order valence-corrected chi connectivity index (χ3v) is 4.41. The van der Waals surface area contributed by atoms with Crippen LogP contribution < -0.4 is 5.32 Å². The van der Waals surface area contributed by atoms with Crippen molar-refractivity contribution in [2.45, 2.75) is 18.3 Å². The fraction of sp³-hybridized carbons (Fsp3) is 0.235. The van der Waals surface area contributed by atoms with Crippen molar-refractivity contribution in [1.29, 1.82) is 0 Å². The van der Waals surface area contributed by atoms with E-state index >= 15 is 0 Å². The second-order valence-electron chi connectivity index (χ2n) is 5.34. The molecule has 0 unspecified atom stereocenters. The Kier molecular flexibility index (Phi) is 3.62. The van der Waals surface area contributed by atoms with Crippen LogP contribution in [0, 0.1) is 0 Å². The van der Waals surface area contributed by atoms with E-state index in [0.29, 0.717) is 12.1 Å². The first kappa shape index (κ1) is 13.4. The van der Waals surface area contributed by atoms with Gasteiger partial charge in [0, 0.05) is 22.0 Å². The van der Waals surface area contributed by atoms with Crippen LogP contribution in [-0.4, -0.2) is 12.5 Å². The van der Waals surface area contributed by atoms with E-state index in [4.69, 9.17) is 0 Å². The van der Waals surface area contributed by atoms with Crippen LogP contribution in [-0.2, 0) is 5.41 Å². The molecule has 102 valence electrons. The normalized spacial score (nSPS) is 15.7. The highest BCUT2D eigenvalue weighted by Crippen LogP contribution is 2.47. The largest absolute Gasteiger partial charge is 0.351 e. The van der Waals surface area contributed by atoms with E-state index in [0.717, 1.165) is 17.3 Å². The highest BCUT2D eigenvalue weighted by atomic mass is 79.9. The average Bonchev–Trinajstić information content (AvgIpc) is 3.27. The minimum atomic E-state index is -0.00601. The van der Waals surface area contributed by atoms with Crippen LogP contribution in [0.3, 0.4) is 0 Å². The lowest BCUT2D eigenvalue weighted by Crippen LogP contribution is -2.32. The molecule has 2 aromatic rings. The molecular formula is C17H16BrNO. The maximum atomic E-state index is 12.2. The number of hydrogen-bond donors (Lipinski definition) is 1. The molecule has 2 nitrogen and oxygen atoms in total. The molecule has 0 aromatic heterocycles. The number of halogens is 1. The Hall–Kier alpha value is -1.61. The smallest absolute Gasteiger partial charge is 0.251 e. The summed E-state index contributed by atoms with van der Waals surface area (Å²) in [5.74, 6) is -0.00601. The van der Waals surface area contributed by atoms with Gasteiger partial charge in [-0.3, -0.25) is 4.79 Å². The van der Waals surface area contributed by atoms with Crippen molar-refractivity contribution < 1.29 is 4.79 Å². The van der Waals surface area contributed by atoms with Crippen LogP contribution in [0.4, 0.5) is 0 Å². The monoisotopic (exact) mass is 329 g/mol. The lowest BCUT2D eigenvalue weighted by Gasteiger charge is -2.16. The van der Waals surface area contributed by atoms with E-state index < -0.39 is 0 Å². The predicted molar refractivity (Wildman–Crippen MR) is 83.8 cm³/mol. The van der Waals surface area contributed by atoms with E-state index in [9.17, 15) is 4.79 Å². The summed E-state index contributed by atoms with van der Waals surface area (Å²) in [7, 11) is 0. The molecule has 0 bridgehead atoms. The molecule has 0 spiro atoms. The molecule has 1 aliphatic carbocycles. The van der Waals surface area contributed by atoms with Crippen molar-refractivity contribution in [2.75, 3.05) is 6.54 Å². The van der Waals surface area contributed by atoms with Gasteiger partial charge in [-0.2, -0.15) is 0 Å². The van der Waals surface area contributed by atoms with Crippen LogP contribution in [0.15, 0.2) is 59.1 Å². The van der Waals surface area contributed by atoms with Gasteiger partial charge in [0.15, 0.2) is 0 Å².